The number of hydrogen-bond acceptors (Lipinski definition) is 2. The van der Waals surface area contributed by atoms with Gasteiger partial charge in [-0.05, 0) is 24.3 Å². The van der Waals surface area contributed by atoms with Gasteiger partial charge >= 0.3 is 0 Å². The molecule has 0 bridgehead atoms. The SMILES string of the molecule is CN(Cc1cc2ccccc2nc1Cl)c1ccccc1. The fraction of sp³-hybridized carbons (Fsp3) is 0.118. The number of halogens is 1. The summed E-state index contributed by atoms with van der Waals surface area (Å²) in [6.45, 7) is 0.737. The van der Waals surface area contributed by atoms with Gasteiger partial charge in [0.1, 0.15) is 5.15 Å². The van der Waals surface area contributed by atoms with Crippen molar-refractivity contribution in [2.24, 2.45) is 0 Å². The lowest BCUT2D eigenvalue weighted by Gasteiger charge is -2.20. The minimum absolute atomic E-state index is 0.575. The van der Waals surface area contributed by atoms with Crippen LogP contribution in [0.15, 0.2) is 60.7 Å². The molecule has 3 rings (SSSR count). The number of aromatic nitrogens is 1. The number of rotatable bonds is 3. The number of pyridine rings is 1. The first-order valence-electron chi connectivity index (χ1n) is 6.54. The maximum Gasteiger partial charge on any atom is 0.134 e. The van der Waals surface area contributed by atoms with Crippen LogP contribution in [0.25, 0.3) is 10.9 Å². The molecule has 2 aromatic carbocycles. The molecule has 20 heavy (non-hydrogen) atoms. The van der Waals surface area contributed by atoms with Crippen molar-refractivity contribution in [2.45, 2.75) is 6.54 Å². The average molecular weight is 283 g/mol. The van der Waals surface area contributed by atoms with Crippen LogP contribution in [0, 0.1) is 0 Å². The Balaban J connectivity index is 1.92. The van der Waals surface area contributed by atoms with E-state index in [0.717, 1.165) is 28.7 Å². The molecule has 1 heterocycles. The molecule has 0 atom stereocenters. The first-order chi connectivity index (χ1) is 9.74. The number of para-hydroxylation sites is 2. The Kier molecular flexibility index (Phi) is 3.57. The van der Waals surface area contributed by atoms with Gasteiger partial charge < -0.3 is 4.90 Å². The molecule has 0 saturated heterocycles. The Morgan fingerprint density at radius 1 is 1.00 bits per heavy atom. The zero-order valence-electron chi connectivity index (χ0n) is 11.3. The molecule has 3 heteroatoms. The third kappa shape index (κ3) is 2.61. The van der Waals surface area contributed by atoms with Crippen molar-refractivity contribution in [3.8, 4) is 0 Å². The molecule has 3 aromatic rings. The van der Waals surface area contributed by atoms with Gasteiger partial charge in [0.15, 0.2) is 0 Å². The van der Waals surface area contributed by atoms with Gasteiger partial charge in [-0.2, -0.15) is 0 Å². The average Bonchev–Trinajstić information content (AvgIpc) is 2.49. The predicted molar refractivity (Wildman–Crippen MR) is 85.3 cm³/mol. The highest BCUT2D eigenvalue weighted by molar-refractivity contribution is 6.30. The Hall–Kier alpha value is -2.06. The first-order valence-corrected chi connectivity index (χ1v) is 6.92. The molecule has 100 valence electrons. The summed E-state index contributed by atoms with van der Waals surface area (Å²) in [5, 5.41) is 1.69. The molecule has 0 aliphatic heterocycles. The van der Waals surface area contributed by atoms with E-state index in [0.29, 0.717) is 5.15 Å². The number of nitrogens with zero attached hydrogens (tertiary/aromatic N) is 2. The van der Waals surface area contributed by atoms with Gasteiger partial charge in [-0.1, -0.05) is 48.0 Å². The monoisotopic (exact) mass is 282 g/mol. The molecule has 1 aromatic heterocycles. The van der Waals surface area contributed by atoms with Crippen LogP contribution in [0.2, 0.25) is 5.15 Å². The van der Waals surface area contributed by atoms with Crippen molar-refractivity contribution in [1.82, 2.24) is 4.98 Å². The predicted octanol–water partition coefficient (Wildman–Crippen LogP) is 4.52. The van der Waals surface area contributed by atoms with E-state index >= 15 is 0 Å². The Bertz CT molecular complexity index is 725. The highest BCUT2D eigenvalue weighted by Crippen LogP contribution is 2.23. The fourth-order valence-corrected chi connectivity index (χ4v) is 2.48. The molecular weight excluding hydrogens is 268 g/mol. The van der Waals surface area contributed by atoms with Crippen LogP contribution in [-0.2, 0) is 6.54 Å². The number of hydrogen-bond donors (Lipinski definition) is 0. The van der Waals surface area contributed by atoms with E-state index < -0.39 is 0 Å². The van der Waals surface area contributed by atoms with Gasteiger partial charge in [0.05, 0.1) is 5.52 Å². The molecule has 2 nitrogen and oxygen atoms in total. The lowest BCUT2D eigenvalue weighted by molar-refractivity contribution is 0.919. The van der Waals surface area contributed by atoms with Gasteiger partial charge in [0.25, 0.3) is 0 Å². The van der Waals surface area contributed by atoms with E-state index in [1.54, 1.807) is 0 Å². The molecule has 0 N–H and O–H groups in total. The summed E-state index contributed by atoms with van der Waals surface area (Å²) in [5.41, 5.74) is 3.14. The highest BCUT2D eigenvalue weighted by Gasteiger charge is 2.08. The fourth-order valence-electron chi connectivity index (χ4n) is 2.28. The van der Waals surface area contributed by atoms with Crippen molar-refractivity contribution in [3.05, 3.63) is 71.4 Å². The van der Waals surface area contributed by atoms with Crippen LogP contribution in [-0.4, -0.2) is 12.0 Å². The Morgan fingerprint density at radius 2 is 1.70 bits per heavy atom. The quantitative estimate of drug-likeness (QED) is 0.656. The second-order valence-corrected chi connectivity index (χ2v) is 5.18. The summed E-state index contributed by atoms with van der Waals surface area (Å²) in [7, 11) is 2.06. The smallest absolute Gasteiger partial charge is 0.134 e. The molecule has 0 aliphatic rings. The highest BCUT2D eigenvalue weighted by atomic mass is 35.5. The number of anilines is 1. The minimum Gasteiger partial charge on any atom is -0.370 e. The molecule has 0 spiro atoms. The number of fused-ring (bicyclic) bond motifs is 1. The van der Waals surface area contributed by atoms with E-state index in [2.05, 4.69) is 41.2 Å². The minimum atomic E-state index is 0.575. The van der Waals surface area contributed by atoms with Crippen LogP contribution < -0.4 is 4.90 Å². The zero-order chi connectivity index (χ0) is 13.9. The third-order valence-corrected chi connectivity index (χ3v) is 3.68. The molecule has 0 amide bonds. The summed E-state index contributed by atoms with van der Waals surface area (Å²) in [5.74, 6) is 0. The maximum absolute atomic E-state index is 6.30. The van der Waals surface area contributed by atoms with E-state index in [4.69, 9.17) is 11.6 Å². The van der Waals surface area contributed by atoms with Crippen molar-refractivity contribution in [2.75, 3.05) is 11.9 Å². The van der Waals surface area contributed by atoms with Gasteiger partial charge in [-0.15, -0.1) is 0 Å². The summed E-state index contributed by atoms with van der Waals surface area (Å²) in [4.78, 5) is 6.63. The molecule has 0 unspecified atom stereocenters. The largest absolute Gasteiger partial charge is 0.370 e. The summed E-state index contributed by atoms with van der Waals surface area (Å²) < 4.78 is 0. The van der Waals surface area contributed by atoms with E-state index in [9.17, 15) is 0 Å². The van der Waals surface area contributed by atoms with Gasteiger partial charge in [-0.3, -0.25) is 0 Å². The normalized spacial score (nSPS) is 10.7. The Labute approximate surface area is 123 Å². The molecule has 0 radical (unpaired) electrons. The van der Waals surface area contributed by atoms with Crippen molar-refractivity contribution >= 4 is 28.2 Å². The van der Waals surface area contributed by atoms with Gasteiger partial charge in [-0.25, -0.2) is 4.98 Å². The van der Waals surface area contributed by atoms with Crippen LogP contribution in [0.5, 0.6) is 0 Å². The summed E-state index contributed by atoms with van der Waals surface area (Å²) in [6, 6.07) is 20.4. The topological polar surface area (TPSA) is 16.1 Å². The standard InChI is InChI=1S/C17H15ClN2/c1-20(15-8-3-2-4-9-15)12-14-11-13-7-5-6-10-16(13)19-17(14)18/h2-11H,12H2,1H3. The van der Waals surface area contributed by atoms with Crippen molar-refractivity contribution in [3.63, 3.8) is 0 Å². The molecule has 0 aliphatic carbocycles. The third-order valence-electron chi connectivity index (χ3n) is 3.35. The van der Waals surface area contributed by atoms with E-state index in [1.165, 1.54) is 0 Å². The maximum atomic E-state index is 6.30. The van der Waals surface area contributed by atoms with Gasteiger partial charge in [0, 0.05) is 30.2 Å². The zero-order valence-corrected chi connectivity index (χ0v) is 12.0. The van der Waals surface area contributed by atoms with Gasteiger partial charge in [0.2, 0.25) is 0 Å². The van der Waals surface area contributed by atoms with E-state index in [-0.39, 0.29) is 0 Å². The summed E-state index contributed by atoms with van der Waals surface area (Å²) in [6.07, 6.45) is 0. The van der Waals surface area contributed by atoms with Crippen LogP contribution in [0.4, 0.5) is 5.69 Å². The lowest BCUT2D eigenvalue weighted by Crippen LogP contribution is -2.16. The van der Waals surface area contributed by atoms with Crippen LogP contribution in [0.1, 0.15) is 5.56 Å². The van der Waals surface area contributed by atoms with Crippen LogP contribution >= 0.6 is 11.6 Å². The molecule has 0 fully saturated rings. The lowest BCUT2D eigenvalue weighted by atomic mass is 10.1. The van der Waals surface area contributed by atoms with Crippen molar-refractivity contribution < 1.29 is 0 Å². The molecule has 0 saturated carbocycles. The second-order valence-electron chi connectivity index (χ2n) is 4.82. The summed E-state index contributed by atoms with van der Waals surface area (Å²) >= 11 is 6.30. The Morgan fingerprint density at radius 3 is 2.50 bits per heavy atom. The first kappa shape index (κ1) is 12.9. The van der Waals surface area contributed by atoms with Crippen LogP contribution in [0.3, 0.4) is 0 Å². The van der Waals surface area contributed by atoms with E-state index in [1.807, 2.05) is 36.4 Å². The molecular formula is C17H15ClN2. The van der Waals surface area contributed by atoms with Crippen molar-refractivity contribution in [1.29, 1.82) is 0 Å². The number of benzene rings is 2. The second kappa shape index (κ2) is 5.51.